The van der Waals surface area contributed by atoms with Crippen molar-refractivity contribution in [3.05, 3.63) is 11.5 Å². The fourth-order valence-corrected chi connectivity index (χ4v) is 5.03. The van der Waals surface area contributed by atoms with Crippen molar-refractivity contribution in [3.8, 4) is 0 Å². The largest absolute Gasteiger partial charge is 0.382 e. The zero-order valence-corrected chi connectivity index (χ0v) is 10.4. The van der Waals surface area contributed by atoms with E-state index in [0.29, 0.717) is 11.7 Å². The smallest absolute Gasteiger partial charge is 0.144 e. The monoisotopic (exact) mass is 231 g/mol. The molecule has 3 N–H and O–H groups in total. The van der Waals surface area contributed by atoms with E-state index in [1.807, 2.05) is 6.92 Å². The number of nitrogens with one attached hydrogen (secondary N) is 1. The van der Waals surface area contributed by atoms with Gasteiger partial charge in [-0.3, -0.25) is 0 Å². The molecule has 4 fully saturated rings. The van der Waals surface area contributed by atoms with E-state index in [1.165, 1.54) is 37.9 Å². The summed E-state index contributed by atoms with van der Waals surface area (Å²) in [6, 6.07) is 0. The van der Waals surface area contributed by atoms with Crippen molar-refractivity contribution >= 4 is 5.82 Å². The number of H-pyrrole nitrogens is 1. The van der Waals surface area contributed by atoms with Crippen LogP contribution in [0.15, 0.2) is 0 Å². The molecule has 0 aliphatic heterocycles. The van der Waals surface area contributed by atoms with Crippen LogP contribution in [0, 0.1) is 30.6 Å². The van der Waals surface area contributed by atoms with Crippen molar-refractivity contribution in [3.63, 3.8) is 0 Å². The lowest BCUT2D eigenvalue weighted by atomic mass is 9.52. The number of imidazole rings is 1. The third-order valence-electron chi connectivity index (χ3n) is 5.48. The summed E-state index contributed by atoms with van der Waals surface area (Å²) in [5.41, 5.74) is 6.94. The molecule has 0 amide bonds. The Morgan fingerprint density at radius 1 is 1.06 bits per heavy atom. The van der Waals surface area contributed by atoms with Crippen LogP contribution >= 0.6 is 0 Å². The molecule has 0 radical (unpaired) electrons. The van der Waals surface area contributed by atoms with Crippen molar-refractivity contribution in [2.45, 2.75) is 44.9 Å². The Morgan fingerprint density at radius 3 is 2.12 bits per heavy atom. The second-order valence-corrected chi connectivity index (χ2v) is 6.59. The molecule has 1 aromatic rings. The van der Waals surface area contributed by atoms with E-state index in [1.54, 1.807) is 0 Å². The molecule has 4 bridgehead atoms. The van der Waals surface area contributed by atoms with Gasteiger partial charge in [-0.25, -0.2) is 4.98 Å². The number of aryl methyl sites for hydroxylation is 1. The van der Waals surface area contributed by atoms with Gasteiger partial charge in [0.25, 0.3) is 0 Å². The lowest BCUT2D eigenvalue weighted by molar-refractivity contribution is -0.00538. The minimum Gasteiger partial charge on any atom is -0.382 e. The molecule has 3 nitrogen and oxygen atoms in total. The van der Waals surface area contributed by atoms with Gasteiger partial charge in [0, 0.05) is 5.92 Å². The Hall–Kier alpha value is -0.990. The fraction of sp³-hybridized carbons (Fsp3) is 0.786. The second kappa shape index (κ2) is 3.27. The maximum Gasteiger partial charge on any atom is 0.144 e. The third kappa shape index (κ3) is 1.37. The van der Waals surface area contributed by atoms with Crippen LogP contribution in [0.1, 0.15) is 49.5 Å². The first-order chi connectivity index (χ1) is 8.20. The molecule has 1 aromatic heterocycles. The number of nitrogen functional groups attached to an aromatic ring is 1. The second-order valence-electron chi connectivity index (χ2n) is 6.59. The van der Waals surface area contributed by atoms with Crippen molar-refractivity contribution in [1.82, 2.24) is 9.97 Å². The zero-order chi connectivity index (χ0) is 11.6. The highest BCUT2D eigenvalue weighted by atomic mass is 15.0. The summed E-state index contributed by atoms with van der Waals surface area (Å²) in [6.45, 7) is 2.03. The van der Waals surface area contributed by atoms with E-state index in [4.69, 9.17) is 5.73 Å². The number of anilines is 1. The van der Waals surface area contributed by atoms with Crippen molar-refractivity contribution in [2.75, 3.05) is 5.73 Å². The van der Waals surface area contributed by atoms with Crippen LogP contribution < -0.4 is 5.73 Å². The summed E-state index contributed by atoms with van der Waals surface area (Å²) in [5, 5.41) is 0. The number of aromatic amines is 1. The maximum absolute atomic E-state index is 5.89. The molecule has 1 heterocycles. The predicted octanol–water partition coefficient (Wildman–Crippen LogP) is 2.84. The number of rotatable bonds is 1. The normalized spacial score (nSPS) is 43.2. The third-order valence-corrected chi connectivity index (χ3v) is 5.48. The first kappa shape index (κ1) is 9.98. The summed E-state index contributed by atoms with van der Waals surface area (Å²) in [7, 11) is 0. The van der Waals surface area contributed by atoms with Crippen molar-refractivity contribution in [1.29, 1.82) is 0 Å². The van der Waals surface area contributed by atoms with Crippen molar-refractivity contribution < 1.29 is 0 Å². The SMILES string of the molecule is Cc1[nH]c(C2C3CC4CC(C3)CC2C4)nc1N. The molecule has 5 rings (SSSR count). The van der Waals surface area contributed by atoms with Crippen LogP contribution in [0.3, 0.4) is 0 Å². The Balaban J connectivity index is 1.70. The Kier molecular flexibility index (Phi) is 1.92. The lowest BCUT2D eigenvalue weighted by Gasteiger charge is -2.53. The number of aromatic nitrogens is 2. The molecular weight excluding hydrogens is 210 g/mol. The zero-order valence-electron chi connectivity index (χ0n) is 10.4. The van der Waals surface area contributed by atoms with Crippen LogP contribution in [-0.4, -0.2) is 9.97 Å². The maximum atomic E-state index is 5.89. The molecule has 92 valence electrons. The molecule has 0 unspecified atom stereocenters. The van der Waals surface area contributed by atoms with Crippen molar-refractivity contribution in [2.24, 2.45) is 23.7 Å². The summed E-state index contributed by atoms with van der Waals surface area (Å²) >= 11 is 0. The van der Waals surface area contributed by atoms with Gasteiger partial charge >= 0.3 is 0 Å². The topological polar surface area (TPSA) is 54.7 Å². The first-order valence-electron chi connectivity index (χ1n) is 7.02. The fourth-order valence-electron chi connectivity index (χ4n) is 5.03. The number of hydrogen-bond acceptors (Lipinski definition) is 2. The van der Waals surface area contributed by atoms with Crippen LogP contribution in [0.5, 0.6) is 0 Å². The highest BCUT2D eigenvalue weighted by Gasteiger charge is 2.49. The average Bonchev–Trinajstić information content (AvgIpc) is 2.57. The molecule has 0 aromatic carbocycles. The molecule has 0 spiro atoms. The van der Waals surface area contributed by atoms with E-state index < -0.39 is 0 Å². The molecular formula is C14H21N3. The first-order valence-corrected chi connectivity index (χ1v) is 7.02. The highest BCUT2D eigenvalue weighted by Crippen LogP contribution is 2.59. The van der Waals surface area contributed by atoms with Gasteiger partial charge < -0.3 is 10.7 Å². The van der Waals surface area contributed by atoms with Gasteiger partial charge in [-0.05, 0) is 62.7 Å². The Bertz CT molecular complexity index is 401. The number of nitrogens with two attached hydrogens (primary N) is 1. The van der Waals surface area contributed by atoms with Gasteiger partial charge in [0.1, 0.15) is 11.6 Å². The van der Waals surface area contributed by atoms with Crippen LogP contribution in [0.25, 0.3) is 0 Å². The van der Waals surface area contributed by atoms with E-state index in [2.05, 4.69) is 9.97 Å². The molecule has 4 aliphatic carbocycles. The van der Waals surface area contributed by atoms with Gasteiger partial charge in [-0.1, -0.05) is 0 Å². The van der Waals surface area contributed by atoms with Crippen LogP contribution in [0.2, 0.25) is 0 Å². The van der Waals surface area contributed by atoms with Gasteiger partial charge in [0.2, 0.25) is 0 Å². The molecule has 0 saturated heterocycles. The Morgan fingerprint density at radius 2 is 1.65 bits per heavy atom. The molecule has 4 saturated carbocycles. The summed E-state index contributed by atoms with van der Waals surface area (Å²) < 4.78 is 0. The minimum absolute atomic E-state index is 0.679. The lowest BCUT2D eigenvalue weighted by Crippen LogP contribution is -2.44. The van der Waals surface area contributed by atoms with Gasteiger partial charge in [-0.2, -0.15) is 0 Å². The molecule has 0 atom stereocenters. The number of hydrogen-bond donors (Lipinski definition) is 2. The summed E-state index contributed by atoms with van der Waals surface area (Å²) in [4.78, 5) is 8.01. The average molecular weight is 231 g/mol. The van der Waals surface area contributed by atoms with Gasteiger partial charge in [-0.15, -0.1) is 0 Å². The molecule has 3 heteroatoms. The summed E-state index contributed by atoms with van der Waals surface area (Å²) in [6.07, 6.45) is 7.28. The quantitative estimate of drug-likeness (QED) is 0.781. The van der Waals surface area contributed by atoms with Crippen LogP contribution in [-0.2, 0) is 0 Å². The summed E-state index contributed by atoms with van der Waals surface area (Å²) in [5.74, 6) is 6.40. The van der Waals surface area contributed by atoms with E-state index >= 15 is 0 Å². The standard InChI is InChI=1S/C14H21N3/c1-7-13(15)17-14(16-7)12-10-3-8-2-9(5-10)6-11(12)4-8/h8-12H,2-6,15H2,1H3,(H,16,17). The van der Waals surface area contributed by atoms with E-state index in [9.17, 15) is 0 Å². The molecule has 4 aliphatic rings. The van der Waals surface area contributed by atoms with E-state index in [0.717, 1.165) is 29.4 Å². The predicted molar refractivity (Wildman–Crippen MR) is 67.5 cm³/mol. The Labute approximate surface area is 102 Å². The minimum atomic E-state index is 0.679. The molecule has 17 heavy (non-hydrogen) atoms. The highest BCUT2D eigenvalue weighted by molar-refractivity contribution is 5.35. The van der Waals surface area contributed by atoms with Gasteiger partial charge in [0.05, 0.1) is 5.69 Å². The van der Waals surface area contributed by atoms with E-state index in [-0.39, 0.29) is 0 Å². The number of nitrogens with zero attached hydrogens (tertiary/aromatic N) is 1. The van der Waals surface area contributed by atoms with Gasteiger partial charge in [0.15, 0.2) is 0 Å². The van der Waals surface area contributed by atoms with Crippen LogP contribution in [0.4, 0.5) is 5.82 Å².